The monoisotopic (exact) mass is 204 g/mol. The number of hydrogen-bond acceptors (Lipinski definition) is 1. The van der Waals surface area contributed by atoms with Gasteiger partial charge in [-0.1, -0.05) is 38.3 Å². The third-order valence-electron chi connectivity index (χ3n) is 2.56. The van der Waals surface area contributed by atoms with Gasteiger partial charge in [-0.15, -0.1) is 0 Å². The summed E-state index contributed by atoms with van der Waals surface area (Å²) >= 11 is 0. The normalized spacial score (nSPS) is 10.3. The molecule has 0 aromatic heterocycles. The Labute approximate surface area is 93.9 Å². The largest absolute Gasteiger partial charge is 0.381 e. The summed E-state index contributed by atoms with van der Waals surface area (Å²) in [6.45, 7) is 6.23. The van der Waals surface area contributed by atoms with Crippen molar-refractivity contribution in [1.29, 1.82) is 0 Å². The second-order valence-electron chi connectivity index (χ2n) is 3.94. The van der Waals surface area contributed by atoms with Gasteiger partial charge in [0.05, 0.1) is 0 Å². The summed E-state index contributed by atoms with van der Waals surface area (Å²) in [5.74, 6) is 0. The summed E-state index contributed by atoms with van der Waals surface area (Å²) in [6.07, 6.45) is 6.55. The van der Waals surface area contributed by atoms with Crippen LogP contribution in [0.3, 0.4) is 0 Å². The maximum Gasteiger partial charge on any atom is 0.0431 e. The predicted octanol–water partition coefficient (Wildman–Crippen LogP) is 4.40. The Morgan fingerprint density at radius 2 is 2.07 bits per heavy atom. The van der Waals surface area contributed by atoms with Gasteiger partial charge in [-0.2, -0.15) is 0 Å². The molecule has 0 amide bonds. The van der Waals surface area contributed by atoms with E-state index in [-0.39, 0.29) is 0 Å². The molecule has 0 bridgehead atoms. The van der Waals surface area contributed by atoms with E-state index in [9.17, 15) is 0 Å². The van der Waals surface area contributed by atoms with E-state index in [1.165, 1.54) is 43.4 Å². The summed E-state index contributed by atoms with van der Waals surface area (Å²) in [5.41, 5.74) is 2.64. The molecule has 0 spiro atoms. The van der Waals surface area contributed by atoms with E-state index in [1.54, 1.807) is 0 Å². The minimum atomic E-state index is 1.20. The molecule has 1 rings (SSSR count). The van der Waals surface area contributed by atoms with Crippen molar-refractivity contribution < 1.29 is 0 Å². The van der Waals surface area contributed by atoms with E-state index in [0.717, 1.165) is 0 Å². The average Bonchev–Trinajstić information content (AvgIpc) is 2.26. The fourth-order valence-electron chi connectivity index (χ4n) is 1.74. The standard InChI is InChI=1S/C14H22N/c1-3-5-6-7-9-13-10-8-11-14(12-13)15-4-2/h4,8,10-12,15H,3,5-7,9H2,1-2H3. The lowest BCUT2D eigenvalue weighted by molar-refractivity contribution is 0.667. The summed E-state index contributed by atoms with van der Waals surface area (Å²) in [5, 5.41) is 3.22. The zero-order valence-electron chi connectivity index (χ0n) is 9.92. The molecule has 0 aliphatic carbocycles. The molecule has 0 aliphatic rings. The highest BCUT2D eigenvalue weighted by Crippen LogP contribution is 2.13. The molecule has 83 valence electrons. The SMILES string of the molecule is C[CH]Nc1cccc(CCCCCC)c1. The van der Waals surface area contributed by atoms with Crippen molar-refractivity contribution in [2.45, 2.75) is 46.0 Å². The van der Waals surface area contributed by atoms with Gasteiger partial charge in [0.25, 0.3) is 0 Å². The zero-order chi connectivity index (χ0) is 10.9. The first kappa shape index (κ1) is 12.1. The highest BCUT2D eigenvalue weighted by molar-refractivity contribution is 5.46. The Kier molecular flexibility index (Phi) is 5.91. The number of aryl methyl sites for hydroxylation is 1. The first-order valence-corrected chi connectivity index (χ1v) is 6.00. The van der Waals surface area contributed by atoms with E-state index in [2.05, 4.69) is 36.5 Å². The van der Waals surface area contributed by atoms with Crippen molar-refractivity contribution in [2.24, 2.45) is 0 Å². The summed E-state index contributed by atoms with van der Waals surface area (Å²) < 4.78 is 0. The second-order valence-corrected chi connectivity index (χ2v) is 3.94. The van der Waals surface area contributed by atoms with Crippen molar-refractivity contribution in [3.63, 3.8) is 0 Å². The Morgan fingerprint density at radius 1 is 1.20 bits per heavy atom. The molecular formula is C14H22N. The van der Waals surface area contributed by atoms with Gasteiger partial charge < -0.3 is 5.32 Å². The van der Waals surface area contributed by atoms with Gasteiger partial charge in [-0.05, 0) is 37.5 Å². The maximum atomic E-state index is 3.22. The Balaban J connectivity index is 2.36. The highest BCUT2D eigenvalue weighted by Gasteiger charge is 1.95. The van der Waals surface area contributed by atoms with Gasteiger partial charge in [-0.3, -0.25) is 0 Å². The molecule has 0 unspecified atom stereocenters. The lowest BCUT2D eigenvalue weighted by atomic mass is 10.1. The maximum absolute atomic E-state index is 3.22. The van der Waals surface area contributed by atoms with Gasteiger partial charge in [0.1, 0.15) is 0 Å². The highest BCUT2D eigenvalue weighted by atomic mass is 14.8. The minimum Gasteiger partial charge on any atom is -0.381 e. The molecule has 15 heavy (non-hydrogen) atoms. The van der Waals surface area contributed by atoms with E-state index in [1.807, 2.05) is 13.5 Å². The van der Waals surface area contributed by atoms with Gasteiger partial charge in [0.2, 0.25) is 0 Å². The minimum absolute atomic E-state index is 1.20. The summed E-state index contributed by atoms with van der Waals surface area (Å²) in [7, 11) is 0. The molecule has 1 aromatic carbocycles. The molecular weight excluding hydrogens is 182 g/mol. The van der Waals surface area contributed by atoms with Crippen LogP contribution < -0.4 is 5.32 Å². The number of anilines is 1. The second kappa shape index (κ2) is 7.33. The Hall–Kier alpha value is -0.980. The van der Waals surface area contributed by atoms with Gasteiger partial charge in [0, 0.05) is 12.2 Å². The molecule has 0 heterocycles. The van der Waals surface area contributed by atoms with Crippen LogP contribution in [-0.2, 0) is 6.42 Å². The zero-order valence-corrected chi connectivity index (χ0v) is 9.92. The van der Waals surface area contributed by atoms with Crippen molar-refractivity contribution >= 4 is 5.69 Å². The fraction of sp³-hybridized carbons (Fsp3) is 0.500. The average molecular weight is 204 g/mol. The van der Waals surface area contributed by atoms with Gasteiger partial charge in [0.15, 0.2) is 0 Å². The molecule has 0 aliphatic heterocycles. The first-order valence-electron chi connectivity index (χ1n) is 6.00. The summed E-state index contributed by atoms with van der Waals surface area (Å²) in [6, 6.07) is 8.69. The molecule has 1 radical (unpaired) electrons. The smallest absolute Gasteiger partial charge is 0.0431 e. The van der Waals surface area contributed by atoms with Gasteiger partial charge in [-0.25, -0.2) is 0 Å². The third-order valence-corrected chi connectivity index (χ3v) is 2.56. The van der Waals surface area contributed by atoms with Crippen LogP contribution in [0.2, 0.25) is 0 Å². The van der Waals surface area contributed by atoms with Crippen molar-refractivity contribution in [3.05, 3.63) is 36.4 Å². The van der Waals surface area contributed by atoms with E-state index < -0.39 is 0 Å². The van der Waals surface area contributed by atoms with Crippen molar-refractivity contribution in [2.75, 3.05) is 5.32 Å². The lowest BCUT2D eigenvalue weighted by Crippen LogP contribution is -1.92. The molecule has 1 aromatic rings. The fourth-order valence-corrected chi connectivity index (χ4v) is 1.74. The molecule has 1 N–H and O–H groups in total. The quantitative estimate of drug-likeness (QED) is 0.649. The van der Waals surface area contributed by atoms with Crippen molar-refractivity contribution in [1.82, 2.24) is 0 Å². The van der Waals surface area contributed by atoms with Crippen LogP contribution in [-0.4, -0.2) is 0 Å². The lowest BCUT2D eigenvalue weighted by Gasteiger charge is -2.05. The number of hydrogen-bond donors (Lipinski definition) is 1. The molecule has 1 nitrogen and oxygen atoms in total. The van der Waals surface area contributed by atoms with Crippen LogP contribution >= 0.6 is 0 Å². The third kappa shape index (κ3) is 4.87. The van der Waals surface area contributed by atoms with Crippen LogP contribution in [0.5, 0.6) is 0 Å². The van der Waals surface area contributed by atoms with Crippen LogP contribution in [0, 0.1) is 6.54 Å². The van der Waals surface area contributed by atoms with E-state index in [4.69, 9.17) is 0 Å². The van der Waals surface area contributed by atoms with E-state index >= 15 is 0 Å². The summed E-state index contributed by atoms with van der Waals surface area (Å²) in [4.78, 5) is 0. The Bertz CT molecular complexity index is 268. The van der Waals surface area contributed by atoms with Gasteiger partial charge >= 0.3 is 0 Å². The number of rotatable bonds is 7. The topological polar surface area (TPSA) is 12.0 Å². The molecule has 0 saturated carbocycles. The van der Waals surface area contributed by atoms with E-state index in [0.29, 0.717) is 0 Å². The van der Waals surface area contributed by atoms with Crippen LogP contribution in [0.25, 0.3) is 0 Å². The number of unbranched alkanes of at least 4 members (excludes halogenated alkanes) is 3. The Morgan fingerprint density at radius 3 is 2.80 bits per heavy atom. The molecule has 0 atom stereocenters. The number of benzene rings is 1. The molecule has 0 saturated heterocycles. The molecule has 1 heteroatoms. The predicted molar refractivity (Wildman–Crippen MR) is 67.9 cm³/mol. The van der Waals surface area contributed by atoms with Crippen LogP contribution in [0.1, 0.15) is 45.1 Å². The number of nitrogens with one attached hydrogen (secondary N) is 1. The first-order chi connectivity index (χ1) is 7.36. The molecule has 0 fully saturated rings. The van der Waals surface area contributed by atoms with Crippen LogP contribution in [0.4, 0.5) is 5.69 Å². The van der Waals surface area contributed by atoms with Crippen LogP contribution in [0.15, 0.2) is 24.3 Å². The van der Waals surface area contributed by atoms with Crippen molar-refractivity contribution in [3.8, 4) is 0 Å².